The molecular weight excluding hydrogens is 232 g/mol. The Morgan fingerprint density at radius 2 is 1.47 bits per heavy atom. The van der Waals surface area contributed by atoms with Crippen LogP contribution in [0.25, 0.3) is 0 Å². The van der Waals surface area contributed by atoms with Crippen LogP contribution in [0.2, 0.25) is 0 Å². The van der Waals surface area contributed by atoms with Gasteiger partial charge in [-0.15, -0.1) is 0 Å². The highest BCUT2D eigenvalue weighted by molar-refractivity contribution is 5.46. The molecule has 0 aromatic heterocycles. The van der Waals surface area contributed by atoms with Crippen molar-refractivity contribution >= 4 is 5.69 Å². The van der Waals surface area contributed by atoms with Crippen molar-refractivity contribution in [3.8, 4) is 0 Å². The summed E-state index contributed by atoms with van der Waals surface area (Å²) in [5.41, 5.74) is 2.77. The Labute approximate surface area is 117 Å². The normalized spacial score (nSPS) is 27.3. The van der Waals surface area contributed by atoms with Crippen LogP contribution in [0.3, 0.4) is 0 Å². The summed E-state index contributed by atoms with van der Waals surface area (Å²) in [6.45, 7) is 1.16. The lowest BCUT2D eigenvalue weighted by Gasteiger charge is -2.46. The molecular formula is C17H26N2. The van der Waals surface area contributed by atoms with Gasteiger partial charge in [0.25, 0.3) is 0 Å². The molecule has 0 amide bonds. The van der Waals surface area contributed by atoms with Crippen molar-refractivity contribution in [2.24, 2.45) is 0 Å². The van der Waals surface area contributed by atoms with Gasteiger partial charge in [-0.2, -0.15) is 0 Å². The SMILES string of the molecule is CN(C)c1ccc(CN2C3CCCC2CCC3)cc1. The van der Waals surface area contributed by atoms with Gasteiger partial charge in [-0.25, -0.2) is 0 Å². The summed E-state index contributed by atoms with van der Waals surface area (Å²) < 4.78 is 0. The van der Waals surface area contributed by atoms with Gasteiger partial charge in [0.15, 0.2) is 0 Å². The highest BCUT2D eigenvalue weighted by Crippen LogP contribution is 2.34. The zero-order valence-electron chi connectivity index (χ0n) is 12.3. The van der Waals surface area contributed by atoms with Crippen molar-refractivity contribution in [3.05, 3.63) is 29.8 Å². The maximum absolute atomic E-state index is 2.79. The summed E-state index contributed by atoms with van der Waals surface area (Å²) >= 11 is 0. The van der Waals surface area contributed by atoms with E-state index < -0.39 is 0 Å². The van der Waals surface area contributed by atoms with Crippen LogP contribution in [0.15, 0.2) is 24.3 Å². The molecule has 19 heavy (non-hydrogen) atoms. The molecule has 0 atom stereocenters. The van der Waals surface area contributed by atoms with Gasteiger partial charge in [0.05, 0.1) is 0 Å². The average molecular weight is 258 g/mol. The molecule has 2 fully saturated rings. The van der Waals surface area contributed by atoms with Crippen LogP contribution in [0, 0.1) is 0 Å². The van der Waals surface area contributed by atoms with Crippen molar-refractivity contribution in [1.82, 2.24) is 4.90 Å². The highest BCUT2D eigenvalue weighted by Gasteiger charge is 2.33. The lowest BCUT2D eigenvalue weighted by atomic mass is 9.84. The second-order valence-corrected chi connectivity index (χ2v) is 6.40. The summed E-state index contributed by atoms with van der Waals surface area (Å²) in [6.07, 6.45) is 8.59. The van der Waals surface area contributed by atoms with E-state index in [1.165, 1.54) is 49.8 Å². The molecule has 2 heteroatoms. The van der Waals surface area contributed by atoms with E-state index in [2.05, 4.69) is 48.2 Å². The number of hydrogen-bond donors (Lipinski definition) is 0. The third-order valence-corrected chi connectivity index (χ3v) is 4.91. The number of benzene rings is 1. The maximum Gasteiger partial charge on any atom is 0.0361 e. The summed E-state index contributed by atoms with van der Waals surface area (Å²) in [5.74, 6) is 0. The van der Waals surface area contributed by atoms with Crippen LogP contribution in [-0.4, -0.2) is 31.1 Å². The van der Waals surface area contributed by atoms with Crippen LogP contribution in [0.4, 0.5) is 5.69 Å². The Balaban J connectivity index is 1.70. The molecule has 1 aromatic rings. The predicted molar refractivity (Wildman–Crippen MR) is 81.6 cm³/mol. The number of rotatable bonds is 3. The van der Waals surface area contributed by atoms with Crippen molar-refractivity contribution in [1.29, 1.82) is 0 Å². The van der Waals surface area contributed by atoms with Gasteiger partial charge in [0, 0.05) is 38.4 Å². The lowest BCUT2D eigenvalue weighted by molar-refractivity contribution is 0.0332. The Morgan fingerprint density at radius 3 is 1.95 bits per heavy atom. The van der Waals surface area contributed by atoms with Gasteiger partial charge in [0.2, 0.25) is 0 Å². The topological polar surface area (TPSA) is 6.48 Å². The molecule has 104 valence electrons. The zero-order chi connectivity index (χ0) is 13.2. The minimum absolute atomic E-state index is 0.862. The first kappa shape index (κ1) is 13.0. The third kappa shape index (κ3) is 2.79. The van der Waals surface area contributed by atoms with Crippen LogP contribution >= 0.6 is 0 Å². The van der Waals surface area contributed by atoms with E-state index in [0.717, 1.165) is 18.6 Å². The van der Waals surface area contributed by atoms with E-state index in [4.69, 9.17) is 0 Å². The van der Waals surface area contributed by atoms with E-state index in [-0.39, 0.29) is 0 Å². The Bertz CT molecular complexity index is 388. The van der Waals surface area contributed by atoms with Gasteiger partial charge in [-0.05, 0) is 43.4 Å². The van der Waals surface area contributed by atoms with E-state index in [1.807, 2.05) is 0 Å². The zero-order valence-corrected chi connectivity index (χ0v) is 12.3. The Hall–Kier alpha value is -1.02. The van der Waals surface area contributed by atoms with Crippen LogP contribution < -0.4 is 4.90 Å². The minimum Gasteiger partial charge on any atom is -0.378 e. The fraction of sp³-hybridized carbons (Fsp3) is 0.647. The van der Waals surface area contributed by atoms with Crippen molar-refractivity contribution in [2.45, 2.75) is 57.2 Å². The fourth-order valence-corrected chi connectivity index (χ4v) is 3.80. The van der Waals surface area contributed by atoms with Gasteiger partial charge in [0.1, 0.15) is 0 Å². The first-order valence-corrected chi connectivity index (χ1v) is 7.76. The summed E-state index contributed by atoms with van der Waals surface area (Å²) in [4.78, 5) is 4.96. The maximum atomic E-state index is 2.79. The van der Waals surface area contributed by atoms with E-state index in [9.17, 15) is 0 Å². The largest absolute Gasteiger partial charge is 0.378 e. The first-order chi connectivity index (χ1) is 9.24. The summed E-state index contributed by atoms with van der Waals surface area (Å²) in [6, 6.07) is 10.8. The standard InChI is InChI=1S/C17H26N2/c1-18(2)15-11-9-14(10-12-15)13-19-16-5-3-6-17(19)8-4-7-16/h9-12,16-17H,3-8,13H2,1-2H3. The van der Waals surface area contributed by atoms with E-state index in [1.54, 1.807) is 0 Å². The molecule has 0 radical (unpaired) electrons. The van der Waals surface area contributed by atoms with Gasteiger partial charge in [-0.3, -0.25) is 4.90 Å². The van der Waals surface area contributed by atoms with Crippen molar-refractivity contribution in [2.75, 3.05) is 19.0 Å². The molecule has 2 nitrogen and oxygen atoms in total. The fourth-order valence-electron chi connectivity index (χ4n) is 3.80. The number of nitrogens with zero attached hydrogens (tertiary/aromatic N) is 2. The number of piperidine rings is 2. The molecule has 2 bridgehead atoms. The first-order valence-electron chi connectivity index (χ1n) is 7.76. The molecule has 0 spiro atoms. The summed E-state index contributed by atoms with van der Waals surface area (Å²) in [5, 5.41) is 0. The van der Waals surface area contributed by atoms with Crippen LogP contribution in [0.5, 0.6) is 0 Å². The van der Waals surface area contributed by atoms with Gasteiger partial charge < -0.3 is 4.90 Å². The van der Waals surface area contributed by atoms with Crippen LogP contribution in [0.1, 0.15) is 44.1 Å². The number of anilines is 1. The molecule has 2 aliphatic heterocycles. The quantitative estimate of drug-likeness (QED) is 0.816. The monoisotopic (exact) mass is 258 g/mol. The van der Waals surface area contributed by atoms with E-state index in [0.29, 0.717) is 0 Å². The number of fused-ring (bicyclic) bond motifs is 2. The Morgan fingerprint density at radius 1 is 0.947 bits per heavy atom. The van der Waals surface area contributed by atoms with Gasteiger partial charge in [-0.1, -0.05) is 25.0 Å². The molecule has 0 N–H and O–H groups in total. The Kier molecular flexibility index (Phi) is 3.79. The highest BCUT2D eigenvalue weighted by atomic mass is 15.2. The second kappa shape index (κ2) is 5.54. The molecule has 2 heterocycles. The molecule has 2 aliphatic rings. The van der Waals surface area contributed by atoms with Gasteiger partial charge >= 0.3 is 0 Å². The summed E-state index contributed by atoms with van der Waals surface area (Å²) in [7, 11) is 4.20. The smallest absolute Gasteiger partial charge is 0.0361 e. The molecule has 1 aromatic carbocycles. The van der Waals surface area contributed by atoms with Crippen molar-refractivity contribution < 1.29 is 0 Å². The second-order valence-electron chi connectivity index (χ2n) is 6.40. The molecule has 2 saturated heterocycles. The average Bonchev–Trinajstić information content (AvgIpc) is 2.39. The molecule has 3 rings (SSSR count). The molecule has 0 aliphatic carbocycles. The number of hydrogen-bond acceptors (Lipinski definition) is 2. The minimum atomic E-state index is 0.862. The predicted octanol–water partition coefficient (Wildman–Crippen LogP) is 3.66. The lowest BCUT2D eigenvalue weighted by Crippen LogP contribution is -2.48. The third-order valence-electron chi connectivity index (χ3n) is 4.91. The van der Waals surface area contributed by atoms with Crippen molar-refractivity contribution in [3.63, 3.8) is 0 Å². The molecule has 0 unspecified atom stereocenters. The van der Waals surface area contributed by atoms with Crippen LogP contribution in [-0.2, 0) is 6.54 Å². The molecule has 0 saturated carbocycles. The van der Waals surface area contributed by atoms with E-state index >= 15 is 0 Å².